The molecule has 0 saturated heterocycles. The van der Waals surface area contributed by atoms with Gasteiger partial charge in [-0.05, 0) is 29.8 Å². The average molecular weight is 482 g/mol. The smallest absolute Gasteiger partial charge is 0.374 e. The summed E-state index contributed by atoms with van der Waals surface area (Å²) in [6, 6.07) is 10.6. The zero-order valence-corrected chi connectivity index (χ0v) is 18.1. The lowest BCUT2D eigenvalue weighted by molar-refractivity contribution is -0.275. The van der Waals surface area contributed by atoms with Crippen molar-refractivity contribution in [1.29, 1.82) is 0 Å². The molecule has 1 unspecified atom stereocenters. The molecule has 4 rings (SSSR count). The molecule has 2 heterocycles. The van der Waals surface area contributed by atoms with Gasteiger partial charge in [-0.25, -0.2) is 0 Å². The highest BCUT2D eigenvalue weighted by atomic mass is 35.5. The molecule has 166 valence electrons. The van der Waals surface area contributed by atoms with Crippen molar-refractivity contribution in [2.24, 2.45) is 5.16 Å². The number of pyridine rings is 1. The Bertz CT molecular complexity index is 1230. The highest BCUT2D eigenvalue weighted by Crippen LogP contribution is 2.50. The lowest BCUT2D eigenvalue weighted by Crippen LogP contribution is -2.42. The van der Waals surface area contributed by atoms with E-state index >= 15 is 0 Å². The summed E-state index contributed by atoms with van der Waals surface area (Å²) in [6.45, 7) is 1.63. The number of amides is 1. The van der Waals surface area contributed by atoms with Crippen molar-refractivity contribution in [3.63, 3.8) is 0 Å². The van der Waals surface area contributed by atoms with Crippen molar-refractivity contribution in [1.82, 2.24) is 10.3 Å². The van der Waals surface area contributed by atoms with Crippen LogP contribution in [0.5, 0.6) is 0 Å². The van der Waals surface area contributed by atoms with E-state index in [1.807, 2.05) is 0 Å². The average Bonchev–Trinajstić information content (AvgIpc) is 3.18. The second-order valence-corrected chi connectivity index (χ2v) is 8.24. The van der Waals surface area contributed by atoms with Gasteiger partial charge in [0.1, 0.15) is 0 Å². The van der Waals surface area contributed by atoms with Crippen LogP contribution >= 0.6 is 23.2 Å². The second-order valence-electron chi connectivity index (χ2n) is 7.37. The van der Waals surface area contributed by atoms with Crippen LogP contribution in [-0.2, 0) is 21.8 Å². The summed E-state index contributed by atoms with van der Waals surface area (Å²) >= 11 is 11.9. The van der Waals surface area contributed by atoms with Crippen LogP contribution in [0.25, 0.3) is 10.9 Å². The third-order valence-corrected chi connectivity index (χ3v) is 5.64. The number of nitrogens with zero attached hydrogens (tertiary/aromatic N) is 2. The normalized spacial score (nSPS) is 18.4. The van der Waals surface area contributed by atoms with Gasteiger partial charge in [0.15, 0.2) is 0 Å². The molecular weight excluding hydrogens is 466 g/mol. The molecule has 1 amide bonds. The first-order valence-corrected chi connectivity index (χ1v) is 10.3. The Balaban J connectivity index is 1.77. The van der Waals surface area contributed by atoms with E-state index in [2.05, 4.69) is 15.5 Å². The molecule has 1 atom stereocenters. The molecule has 32 heavy (non-hydrogen) atoms. The Labute approximate surface area is 191 Å². The molecule has 0 spiro atoms. The number of nitrogens with one attached hydrogen (secondary N) is 1. The minimum Gasteiger partial charge on any atom is -0.374 e. The fourth-order valence-corrected chi connectivity index (χ4v) is 4.21. The summed E-state index contributed by atoms with van der Waals surface area (Å²) < 4.78 is 42.8. The highest BCUT2D eigenvalue weighted by Gasteiger charge is 2.62. The number of fused-ring (bicyclic) bond motifs is 1. The summed E-state index contributed by atoms with van der Waals surface area (Å²) in [5.74, 6) is -0.207. The molecule has 1 aliphatic heterocycles. The van der Waals surface area contributed by atoms with E-state index in [1.54, 1.807) is 24.3 Å². The van der Waals surface area contributed by atoms with Gasteiger partial charge in [-0.3, -0.25) is 9.78 Å². The van der Waals surface area contributed by atoms with E-state index in [1.165, 1.54) is 31.3 Å². The number of aromatic nitrogens is 1. The van der Waals surface area contributed by atoms with E-state index in [-0.39, 0.29) is 33.8 Å². The first-order valence-electron chi connectivity index (χ1n) is 9.50. The van der Waals surface area contributed by atoms with E-state index < -0.39 is 18.2 Å². The van der Waals surface area contributed by atoms with Gasteiger partial charge in [0.25, 0.3) is 5.60 Å². The third-order valence-electron chi connectivity index (χ3n) is 5.21. The van der Waals surface area contributed by atoms with Gasteiger partial charge in [-0.15, -0.1) is 0 Å². The first-order chi connectivity index (χ1) is 15.1. The largest absolute Gasteiger partial charge is 0.435 e. The molecule has 0 saturated carbocycles. The summed E-state index contributed by atoms with van der Waals surface area (Å²) in [4.78, 5) is 20.7. The predicted molar refractivity (Wildman–Crippen MR) is 116 cm³/mol. The standard InChI is InChI=1S/C22H16Cl2F3N3O2/c1-12(31)29-11-13-3-2-4-18-17(5-6-28-20(13)18)19-10-21(32-30-19,22(25,26)27)14-7-15(23)9-16(24)8-14/h2-9H,10-11H2,1H3,(H,29,31). The molecule has 0 aliphatic carbocycles. The Morgan fingerprint density at radius 3 is 2.56 bits per heavy atom. The van der Waals surface area contributed by atoms with Gasteiger partial charge in [0.05, 0.1) is 11.2 Å². The Kier molecular flexibility index (Phi) is 5.77. The number of carbonyl (C=O) groups is 1. The van der Waals surface area contributed by atoms with E-state index in [0.717, 1.165) is 5.56 Å². The maximum Gasteiger partial charge on any atom is 0.435 e. The summed E-state index contributed by atoms with van der Waals surface area (Å²) in [6.07, 6.45) is -3.87. The molecule has 2 aromatic carbocycles. The number of hydrogen-bond acceptors (Lipinski definition) is 4. The zero-order valence-electron chi connectivity index (χ0n) is 16.6. The van der Waals surface area contributed by atoms with Crippen LogP contribution in [0.4, 0.5) is 13.2 Å². The lowest BCUT2D eigenvalue weighted by Gasteiger charge is -2.29. The monoisotopic (exact) mass is 481 g/mol. The highest BCUT2D eigenvalue weighted by molar-refractivity contribution is 6.34. The summed E-state index contributed by atoms with van der Waals surface area (Å²) in [7, 11) is 0. The van der Waals surface area contributed by atoms with Crippen molar-refractivity contribution >= 4 is 45.7 Å². The zero-order chi connectivity index (χ0) is 23.1. The number of oxime groups is 1. The number of halogens is 5. The second kappa shape index (κ2) is 8.26. The number of alkyl halides is 3. The van der Waals surface area contributed by atoms with Crippen LogP contribution in [0.3, 0.4) is 0 Å². The molecule has 3 aromatic rings. The SMILES string of the molecule is CC(=O)NCc1cccc2c(C3=NOC(c4cc(Cl)cc(Cl)c4)(C(F)(F)F)C3)ccnc12. The first kappa shape index (κ1) is 22.4. The van der Waals surface area contributed by atoms with Gasteiger partial charge >= 0.3 is 6.18 Å². The maximum absolute atomic E-state index is 14.3. The minimum absolute atomic E-state index is 0.0603. The number of hydrogen-bond donors (Lipinski definition) is 1. The molecule has 0 bridgehead atoms. The number of carbonyl (C=O) groups excluding carboxylic acids is 1. The van der Waals surface area contributed by atoms with E-state index in [0.29, 0.717) is 16.5 Å². The van der Waals surface area contributed by atoms with E-state index in [9.17, 15) is 18.0 Å². The molecule has 10 heteroatoms. The fraction of sp³-hybridized carbons (Fsp3) is 0.227. The van der Waals surface area contributed by atoms with Gasteiger partial charge in [0.2, 0.25) is 5.91 Å². The molecule has 5 nitrogen and oxygen atoms in total. The maximum atomic E-state index is 14.3. The van der Waals surface area contributed by atoms with Crippen LogP contribution in [0, 0.1) is 0 Å². The molecule has 1 N–H and O–H groups in total. The molecule has 1 aromatic heterocycles. The van der Waals surface area contributed by atoms with Crippen molar-refractivity contribution in [2.75, 3.05) is 0 Å². The third kappa shape index (κ3) is 4.00. The Hall–Kier alpha value is -2.84. The van der Waals surface area contributed by atoms with Crippen LogP contribution < -0.4 is 5.32 Å². The van der Waals surface area contributed by atoms with Crippen LogP contribution in [-0.4, -0.2) is 22.8 Å². The lowest BCUT2D eigenvalue weighted by atomic mass is 9.86. The van der Waals surface area contributed by atoms with Crippen LogP contribution in [0.15, 0.2) is 53.8 Å². The fourth-order valence-electron chi connectivity index (χ4n) is 3.69. The number of benzene rings is 2. The molecule has 1 aliphatic rings. The number of para-hydroxylation sites is 1. The van der Waals surface area contributed by atoms with Gasteiger partial charge in [-0.2, -0.15) is 13.2 Å². The van der Waals surface area contributed by atoms with E-state index in [4.69, 9.17) is 28.0 Å². The van der Waals surface area contributed by atoms with Gasteiger partial charge < -0.3 is 10.2 Å². The topological polar surface area (TPSA) is 63.6 Å². The van der Waals surface area contributed by atoms with Crippen LogP contribution in [0.2, 0.25) is 10.0 Å². The summed E-state index contributed by atoms with van der Waals surface area (Å²) in [5, 5.41) is 7.25. The van der Waals surface area contributed by atoms with Gasteiger partial charge in [-0.1, -0.05) is 46.6 Å². The van der Waals surface area contributed by atoms with Crippen LogP contribution in [0.1, 0.15) is 30.0 Å². The van der Waals surface area contributed by atoms with Crippen molar-refractivity contribution in [3.05, 3.63) is 75.4 Å². The Morgan fingerprint density at radius 2 is 1.91 bits per heavy atom. The predicted octanol–water partition coefficient (Wildman–Crippen LogP) is 5.76. The minimum atomic E-state index is -4.79. The van der Waals surface area contributed by atoms with Crippen molar-refractivity contribution in [3.8, 4) is 0 Å². The van der Waals surface area contributed by atoms with Crippen molar-refractivity contribution < 1.29 is 22.8 Å². The molecular formula is C22H16Cl2F3N3O2. The van der Waals surface area contributed by atoms with Gasteiger partial charge in [0, 0.05) is 52.6 Å². The number of rotatable bonds is 4. The quantitative estimate of drug-likeness (QED) is 0.515. The Morgan fingerprint density at radius 1 is 1.19 bits per heavy atom. The summed E-state index contributed by atoms with van der Waals surface area (Å²) in [5.41, 5.74) is -1.10. The molecule has 0 fully saturated rings. The molecule has 0 radical (unpaired) electrons. The van der Waals surface area contributed by atoms with Crippen molar-refractivity contribution in [2.45, 2.75) is 31.7 Å².